The summed E-state index contributed by atoms with van der Waals surface area (Å²) >= 11 is 6.72. The summed E-state index contributed by atoms with van der Waals surface area (Å²) in [6, 6.07) is 13.5. The van der Waals surface area contributed by atoms with Gasteiger partial charge in [-0.25, -0.2) is 0 Å². The van der Waals surface area contributed by atoms with Crippen LogP contribution in [0.15, 0.2) is 63.5 Å². The van der Waals surface area contributed by atoms with Crippen LogP contribution in [0.5, 0.6) is 17.2 Å². The van der Waals surface area contributed by atoms with Crippen LogP contribution in [0.25, 0.3) is 0 Å². The minimum atomic E-state index is -4.92. The van der Waals surface area contributed by atoms with Crippen LogP contribution in [0.2, 0.25) is 0 Å². The van der Waals surface area contributed by atoms with E-state index in [4.69, 9.17) is 10.5 Å². The lowest BCUT2D eigenvalue weighted by atomic mass is 10.0. The Labute approximate surface area is 214 Å². The topological polar surface area (TPSA) is 130 Å². The monoisotopic (exact) mass is 612 g/mol. The molecule has 0 spiro atoms. The molecule has 0 aliphatic heterocycles. The lowest BCUT2D eigenvalue weighted by Crippen LogP contribution is -2.36. The maximum atomic E-state index is 13.1. The molecule has 0 aliphatic rings. The van der Waals surface area contributed by atoms with Crippen molar-refractivity contribution in [1.82, 2.24) is 0 Å². The smallest absolute Gasteiger partial charge is 0.366 e. The molecule has 0 atom stereocenters. The average molecular weight is 614 g/mol. The van der Waals surface area contributed by atoms with Gasteiger partial charge in [-0.1, -0.05) is 26.0 Å². The molecule has 0 aromatic heterocycles. The molecule has 3 aromatic rings. The molecule has 0 heterocycles. The SMILES string of the molecule is CC(C)c1cc(Oc2c(Br)cc(C(=O)N(c3ccc(CN)cc3)S(=O)(=O)O)cc2Br)ccc1O. The molecule has 0 unspecified atom stereocenters. The van der Waals surface area contributed by atoms with Crippen LogP contribution in [0.1, 0.15) is 41.3 Å². The highest BCUT2D eigenvalue weighted by Gasteiger charge is 2.29. The Kier molecular flexibility index (Phi) is 8.04. The van der Waals surface area contributed by atoms with E-state index in [9.17, 15) is 22.9 Å². The number of aromatic hydroxyl groups is 1. The number of nitrogens with zero attached hydrogens (tertiary/aromatic N) is 1. The number of carbonyl (C=O) groups excluding carboxylic acids is 1. The fraction of sp³-hybridized carbons (Fsp3) is 0.174. The molecule has 180 valence electrons. The van der Waals surface area contributed by atoms with E-state index in [1.54, 1.807) is 24.3 Å². The summed E-state index contributed by atoms with van der Waals surface area (Å²) in [7, 11) is -4.92. The van der Waals surface area contributed by atoms with Crippen molar-refractivity contribution in [3.8, 4) is 17.2 Å². The second kappa shape index (κ2) is 10.4. The van der Waals surface area contributed by atoms with E-state index in [1.165, 1.54) is 30.3 Å². The number of nitrogens with two attached hydrogens (primary N) is 1. The highest BCUT2D eigenvalue weighted by Crippen LogP contribution is 2.40. The number of hydrogen-bond donors (Lipinski definition) is 3. The zero-order chi connectivity index (χ0) is 25.2. The van der Waals surface area contributed by atoms with Gasteiger partial charge in [-0.2, -0.15) is 12.7 Å². The number of amides is 1. The Hall–Kier alpha value is -2.44. The van der Waals surface area contributed by atoms with Crippen LogP contribution in [-0.4, -0.2) is 24.0 Å². The van der Waals surface area contributed by atoms with Crippen LogP contribution < -0.4 is 14.8 Å². The Morgan fingerprint density at radius 1 is 1.06 bits per heavy atom. The summed E-state index contributed by atoms with van der Waals surface area (Å²) in [6.45, 7) is 4.12. The minimum absolute atomic E-state index is 0.0276. The number of phenolic OH excluding ortho intramolecular Hbond substituents is 1. The molecule has 0 aliphatic carbocycles. The van der Waals surface area contributed by atoms with Crippen LogP contribution in [0.3, 0.4) is 0 Å². The van der Waals surface area contributed by atoms with Crippen molar-refractivity contribution in [2.45, 2.75) is 26.3 Å². The molecule has 1 amide bonds. The van der Waals surface area contributed by atoms with Crippen LogP contribution in [-0.2, 0) is 16.8 Å². The van der Waals surface area contributed by atoms with Gasteiger partial charge < -0.3 is 15.6 Å². The largest absolute Gasteiger partial charge is 0.508 e. The van der Waals surface area contributed by atoms with Crippen molar-refractivity contribution >= 4 is 53.8 Å². The van der Waals surface area contributed by atoms with Crippen molar-refractivity contribution in [1.29, 1.82) is 0 Å². The zero-order valence-electron chi connectivity index (χ0n) is 18.2. The second-order valence-electron chi connectivity index (χ2n) is 7.66. The first-order valence-electron chi connectivity index (χ1n) is 10.0. The maximum Gasteiger partial charge on any atom is 0.366 e. The third-order valence-corrected chi connectivity index (χ3v) is 6.92. The predicted molar refractivity (Wildman–Crippen MR) is 137 cm³/mol. The first-order chi connectivity index (χ1) is 15.9. The van der Waals surface area contributed by atoms with Crippen molar-refractivity contribution in [3.63, 3.8) is 0 Å². The molecule has 11 heteroatoms. The van der Waals surface area contributed by atoms with Gasteiger partial charge in [-0.15, -0.1) is 0 Å². The number of benzene rings is 3. The predicted octanol–water partition coefficient (Wildman–Crippen LogP) is 5.74. The number of halogens is 2. The van der Waals surface area contributed by atoms with Gasteiger partial charge >= 0.3 is 10.3 Å². The third-order valence-electron chi connectivity index (χ3n) is 4.91. The molecule has 0 saturated heterocycles. The standard InChI is InChI=1S/C23H22Br2N2O6S/c1-13(2)18-11-17(7-8-21(18)28)33-22-19(24)9-15(10-20(22)25)23(29)27(34(30,31)32)16-5-3-14(12-26)4-6-16/h3-11,13,28H,12,26H2,1-2H3,(H,30,31,32). The third kappa shape index (κ3) is 5.78. The molecular formula is C23H22Br2N2O6S. The maximum absolute atomic E-state index is 13.1. The highest BCUT2D eigenvalue weighted by atomic mass is 79.9. The first kappa shape index (κ1) is 26.2. The number of phenols is 1. The van der Waals surface area contributed by atoms with Crippen LogP contribution >= 0.6 is 31.9 Å². The summed E-state index contributed by atoms with van der Waals surface area (Å²) in [5.41, 5.74) is 6.94. The normalized spacial score (nSPS) is 11.5. The molecular weight excluding hydrogens is 592 g/mol. The molecule has 0 fully saturated rings. The fourth-order valence-electron chi connectivity index (χ4n) is 3.20. The molecule has 3 rings (SSSR count). The van der Waals surface area contributed by atoms with E-state index in [0.717, 1.165) is 5.56 Å². The molecule has 0 radical (unpaired) electrons. The lowest BCUT2D eigenvalue weighted by Gasteiger charge is -2.20. The molecule has 4 N–H and O–H groups in total. The van der Waals surface area contributed by atoms with Gasteiger partial charge in [-0.3, -0.25) is 9.35 Å². The number of hydrogen-bond acceptors (Lipinski definition) is 6. The van der Waals surface area contributed by atoms with E-state index in [2.05, 4.69) is 31.9 Å². The minimum Gasteiger partial charge on any atom is -0.508 e. The fourth-order valence-corrected chi connectivity index (χ4v) is 5.25. The van der Waals surface area contributed by atoms with Crippen molar-refractivity contribution in [2.24, 2.45) is 5.73 Å². The van der Waals surface area contributed by atoms with Crippen molar-refractivity contribution in [3.05, 3.63) is 80.2 Å². The lowest BCUT2D eigenvalue weighted by molar-refractivity contribution is 0.100. The molecule has 8 nitrogen and oxygen atoms in total. The quantitative estimate of drug-likeness (QED) is 0.290. The van der Waals surface area contributed by atoms with Gasteiger partial charge in [0.05, 0.1) is 14.6 Å². The summed E-state index contributed by atoms with van der Waals surface area (Å²) < 4.78 is 40.8. The van der Waals surface area contributed by atoms with Crippen LogP contribution in [0, 0.1) is 0 Å². The van der Waals surface area contributed by atoms with Crippen molar-refractivity contribution in [2.75, 3.05) is 4.31 Å². The molecule has 0 bridgehead atoms. The number of anilines is 1. The van der Waals surface area contributed by atoms with Crippen LogP contribution in [0.4, 0.5) is 5.69 Å². The molecule has 34 heavy (non-hydrogen) atoms. The number of rotatable bonds is 7. The highest BCUT2D eigenvalue weighted by molar-refractivity contribution is 9.11. The van der Waals surface area contributed by atoms with E-state index < -0.39 is 16.2 Å². The van der Waals surface area contributed by atoms with Gasteiger partial charge in [0.15, 0.2) is 5.75 Å². The zero-order valence-corrected chi connectivity index (χ0v) is 22.2. The van der Waals surface area contributed by atoms with Gasteiger partial charge in [0.25, 0.3) is 5.91 Å². The van der Waals surface area contributed by atoms with E-state index >= 15 is 0 Å². The Morgan fingerprint density at radius 3 is 2.15 bits per heavy atom. The molecule has 3 aromatic carbocycles. The summed E-state index contributed by atoms with van der Waals surface area (Å²) in [4.78, 5) is 13.1. The summed E-state index contributed by atoms with van der Waals surface area (Å²) in [5.74, 6) is 0.0545. The van der Waals surface area contributed by atoms with Gasteiger partial charge in [-0.05, 0) is 85.8 Å². The summed E-state index contributed by atoms with van der Waals surface area (Å²) in [5, 5.41) is 10.0. The van der Waals surface area contributed by atoms with Gasteiger partial charge in [0, 0.05) is 17.7 Å². The van der Waals surface area contributed by atoms with Gasteiger partial charge in [0.1, 0.15) is 11.5 Å². The number of carbonyl (C=O) groups is 1. The Morgan fingerprint density at radius 2 is 1.65 bits per heavy atom. The Balaban J connectivity index is 1.98. The van der Waals surface area contributed by atoms with E-state index in [0.29, 0.717) is 30.3 Å². The Bertz CT molecular complexity index is 1300. The van der Waals surface area contributed by atoms with Crippen molar-refractivity contribution < 1.29 is 27.6 Å². The average Bonchev–Trinajstić information content (AvgIpc) is 2.76. The summed E-state index contributed by atoms with van der Waals surface area (Å²) in [6.07, 6.45) is 0. The van der Waals surface area contributed by atoms with E-state index in [-0.39, 0.29) is 29.5 Å². The number of ether oxygens (including phenoxy) is 1. The van der Waals surface area contributed by atoms with Gasteiger partial charge in [0.2, 0.25) is 0 Å². The molecule has 0 saturated carbocycles. The van der Waals surface area contributed by atoms with E-state index in [1.807, 2.05) is 13.8 Å². The first-order valence-corrected chi connectivity index (χ1v) is 13.0. The second-order valence-corrected chi connectivity index (χ2v) is 10.6.